The lowest BCUT2D eigenvalue weighted by Crippen LogP contribution is -2.42. The first kappa shape index (κ1) is 22.1. The molecule has 6 nitrogen and oxygen atoms in total. The summed E-state index contributed by atoms with van der Waals surface area (Å²) in [6, 6.07) is 6.77. The largest absolute Gasteiger partial charge is 0.404 e. The van der Waals surface area contributed by atoms with Crippen LogP contribution in [0.5, 0.6) is 0 Å². The number of benzene rings is 1. The van der Waals surface area contributed by atoms with Crippen LogP contribution in [0.25, 0.3) is 28.0 Å². The topological polar surface area (TPSA) is 87.8 Å². The number of sulfonamides is 1. The van der Waals surface area contributed by atoms with Gasteiger partial charge in [-0.15, -0.1) is 0 Å². The Labute approximate surface area is 186 Å². The molecule has 1 unspecified atom stereocenters. The van der Waals surface area contributed by atoms with Gasteiger partial charge in [0.25, 0.3) is 0 Å². The normalized spacial score (nSPS) is 14.7. The van der Waals surface area contributed by atoms with Crippen LogP contribution in [0, 0.1) is 11.3 Å². The third-order valence-corrected chi connectivity index (χ3v) is 6.70. The standard InChI is InChI=1S/C21H14ClF3N4O2S/c1-12(21(23,24)25)28-32(30,31)16-7-5-13(6-8-16)19-18(10-26)17-9-14(22)11-27-20(17)29(19)15-3-2-4-15/h2-9,11-12,28H,1H3. The lowest BCUT2D eigenvalue weighted by Gasteiger charge is -2.18. The van der Waals surface area contributed by atoms with Crippen LogP contribution in [-0.4, -0.2) is 30.2 Å². The van der Waals surface area contributed by atoms with Gasteiger partial charge in [0, 0.05) is 22.8 Å². The summed E-state index contributed by atoms with van der Waals surface area (Å²) in [4.78, 5) is 4.01. The maximum absolute atomic E-state index is 12.8. The van der Waals surface area contributed by atoms with E-state index in [-0.39, 0.29) is 10.5 Å². The Balaban J connectivity index is 1.82. The van der Waals surface area contributed by atoms with E-state index in [9.17, 15) is 26.9 Å². The molecule has 0 bridgehead atoms. The highest BCUT2D eigenvalue weighted by Gasteiger charge is 2.38. The van der Waals surface area contributed by atoms with Crippen molar-refractivity contribution in [1.29, 1.82) is 5.26 Å². The highest BCUT2D eigenvalue weighted by atomic mass is 35.5. The van der Waals surface area contributed by atoms with E-state index in [1.54, 1.807) is 15.4 Å². The molecule has 0 radical (unpaired) electrons. The van der Waals surface area contributed by atoms with Crippen LogP contribution in [0.2, 0.25) is 5.02 Å². The number of allylic oxidation sites excluding steroid dienone is 4. The minimum absolute atomic E-state index is 0.288. The number of hydrogen-bond acceptors (Lipinski definition) is 4. The lowest BCUT2D eigenvalue weighted by molar-refractivity contribution is -0.147. The minimum Gasteiger partial charge on any atom is -0.293 e. The van der Waals surface area contributed by atoms with Crippen molar-refractivity contribution in [2.24, 2.45) is 0 Å². The Morgan fingerprint density at radius 3 is 2.44 bits per heavy atom. The monoisotopic (exact) mass is 478 g/mol. The second kappa shape index (κ2) is 7.78. The van der Waals surface area contributed by atoms with Crippen LogP contribution in [0.15, 0.2) is 59.7 Å². The fourth-order valence-electron chi connectivity index (χ4n) is 3.27. The van der Waals surface area contributed by atoms with Crippen molar-refractivity contribution in [2.75, 3.05) is 0 Å². The average molecular weight is 479 g/mol. The molecular weight excluding hydrogens is 465 g/mol. The summed E-state index contributed by atoms with van der Waals surface area (Å²) in [5.41, 5.74) is 2.50. The smallest absolute Gasteiger partial charge is 0.293 e. The van der Waals surface area contributed by atoms with Gasteiger partial charge in [0.05, 0.1) is 21.2 Å². The van der Waals surface area contributed by atoms with Crippen LogP contribution in [0.4, 0.5) is 13.2 Å². The molecule has 0 amide bonds. The Morgan fingerprint density at radius 1 is 1.25 bits per heavy atom. The van der Waals surface area contributed by atoms with Gasteiger partial charge in [-0.25, -0.2) is 13.4 Å². The number of rotatable bonds is 5. The number of nitrogens with one attached hydrogen (secondary N) is 1. The molecule has 164 valence electrons. The highest BCUT2D eigenvalue weighted by Crippen LogP contribution is 2.37. The molecule has 2 heterocycles. The SMILES string of the molecule is CC(NS(=O)(=O)c1ccc(-c2c(C#N)c3cc(Cl)cnc3n2C2=CC=C2)cc1)C(F)(F)F. The Hall–Kier alpha value is -3.13. The number of halogens is 4. The first-order chi connectivity index (χ1) is 15.0. The minimum atomic E-state index is -4.71. The van der Waals surface area contributed by atoms with Gasteiger partial charge in [0.2, 0.25) is 10.0 Å². The number of aromatic nitrogens is 2. The molecule has 0 spiro atoms. The molecule has 1 aliphatic rings. The second-order valence-corrected chi connectivity index (χ2v) is 9.21. The molecule has 0 aliphatic heterocycles. The molecule has 11 heteroatoms. The van der Waals surface area contributed by atoms with E-state index in [0.717, 1.165) is 12.6 Å². The van der Waals surface area contributed by atoms with Gasteiger partial charge in [-0.1, -0.05) is 29.8 Å². The Kier molecular flexibility index (Phi) is 5.36. The fourth-order valence-corrected chi connectivity index (χ4v) is 4.66. The van der Waals surface area contributed by atoms with Crippen LogP contribution in [-0.2, 0) is 10.0 Å². The van der Waals surface area contributed by atoms with Crippen LogP contribution in [0.1, 0.15) is 12.5 Å². The average Bonchev–Trinajstić information content (AvgIpc) is 2.99. The second-order valence-electron chi connectivity index (χ2n) is 7.06. The fraction of sp³-hybridized carbons (Fsp3) is 0.143. The van der Waals surface area contributed by atoms with Gasteiger partial charge < -0.3 is 0 Å². The molecule has 1 atom stereocenters. The zero-order valence-corrected chi connectivity index (χ0v) is 17.9. The maximum Gasteiger partial charge on any atom is 0.404 e. The number of alkyl halides is 3. The molecule has 4 rings (SSSR count). The zero-order chi connectivity index (χ0) is 23.3. The molecule has 32 heavy (non-hydrogen) atoms. The predicted molar refractivity (Wildman–Crippen MR) is 114 cm³/mol. The van der Waals surface area contributed by atoms with E-state index in [1.807, 2.05) is 18.2 Å². The van der Waals surface area contributed by atoms with Crippen LogP contribution in [0.3, 0.4) is 0 Å². The lowest BCUT2D eigenvalue weighted by atomic mass is 10.1. The number of nitriles is 1. The van der Waals surface area contributed by atoms with E-state index >= 15 is 0 Å². The van der Waals surface area contributed by atoms with Crippen LogP contribution < -0.4 is 4.72 Å². The molecule has 0 saturated carbocycles. The third-order valence-electron chi connectivity index (χ3n) is 4.94. The Bertz CT molecular complexity index is 1430. The van der Waals surface area contributed by atoms with Crippen molar-refractivity contribution in [1.82, 2.24) is 14.3 Å². The van der Waals surface area contributed by atoms with Crippen molar-refractivity contribution in [2.45, 2.75) is 24.0 Å². The van der Waals surface area contributed by atoms with Crippen molar-refractivity contribution >= 4 is 38.4 Å². The molecule has 1 N–H and O–H groups in total. The number of hydrogen-bond donors (Lipinski definition) is 1. The van der Waals surface area contributed by atoms with Gasteiger partial charge in [-0.05, 0) is 37.3 Å². The summed E-state index contributed by atoms with van der Waals surface area (Å²) < 4.78 is 66.4. The summed E-state index contributed by atoms with van der Waals surface area (Å²) in [6.45, 7) is 0.724. The summed E-state index contributed by atoms with van der Waals surface area (Å²) >= 11 is 6.06. The van der Waals surface area contributed by atoms with E-state index < -0.39 is 22.2 Å². The third kappa shape index (κ3) is 3.79. The van der Waals surface area contributed by atoms with Crippen molar-refractivity contribution < 1.29 is 21.6 Å². The molecule has 0 fully saturated rings. The van der Waals surface area contributed by atoms with E-state index in [4.69, 9.17) is 11.6 Å². The van der Waals surface area contributed by atoms with Gasteiger partial charge >= 0.3 is 6.18 Å². The number of pyridine rings is 1. The molecule has 2 aromatic heterocycles. The molecule has 1 aromatic carbocycles. The first-order valence-electron chi connectivity index (χ1n) is 9.21. The molecule has 0 saturated heterocycles. The van der Waals surface area contributed by atoms with E-state index in [0.29, 0.717) is 27.3 Å². The van der Waals surface area contributed by atoms with Gasteiger partial charge in [0.15, 0.2) is 0 Å². The van der Waals surface area contributed by atoms with Crippen LogP contribution >= 0.6 is 11.6 Å². The van der Waals surface area contributed by atoms with Gasteiger partial charge in [-0.2, -0.15) is 23.2 Å². The maximum atomic E-state index is 12.8. The van der Waals surface area contributed by atoms with E-state index in [2.05, 4.69) is 11.1 Å². The van der Waals surface area contributed by atoms with Gasteiger partial charge in [0.1, 0.15) is 17.8 Å². The van der Waals surface area contributed by atoms with Crippen molar-refractivity contribution in [3.63, 3.8) is 0 Å². The van der Waals surface area contributed by atoms with Gasteiger partial charge in [-0.3, -0.25) is 4.57 Å². The highest BCUT2D eigenvalue weighted by molar-refractivity contribution is 7.89. The van der Waals surface area contributed by atoms with Crippen molar-refractivity contribution in [3.8, 4) is 17.3 Å². The van der Waals surface area contributed by atoms with Crippen molar-refractivity contribution in [3.05, 3.63) is 65.3 Å². The molecular formula is C21H14ClF3N4O2S. The molecule has 1 aliphatic carbocycles. The summed E-state index contributed by atoms with van der Waals surface area (Å²) in [5, 5.41) is 10.7. The number of nitrogens with zero attached hydrogens (tertiary/aromatic N) is 3. The number of fused-ring (bicyclic) bond motifs is 1. The first-order valence-corrected chi connectivity index (χ1v) is 11.1. The Morgan fingerprint density at radius 2 is 1.91 bits per heavy atom. The predicted octanol–water partition coefficient (Wildman–Crippen LogP) is 4.87. The quantitative estimate of drug-likeness (QED) is 0.566. The summed E-state index contributed by atoms with van der Waals surface area (Å²) in [7, 11) is -4.40. The zero-order valence-electron chi connectivity index (χ0n) is 16.4. The van der Waals surface area contributed by atoms with E-state index in [1.165, 1.54) is 30.5 Å². The summed E-state index contributed by atoms with van der Waals surface area (Å²) in [5.74, 6) is 0. The summed E-state index contributed by atoms with van der Waals surface area (Å²) in [6.07, 6.45) is 2.20. The molecule has 3 aromatic rings.